The number of nitrogens with one attached hydrogen (secondary N) is 2. The van der Waals surface area contributed by atoms with E-state index < -0.39 is 31.9 Å². The molecule has 0 bridgehead atoms. The minimum absolute atomic E-state index is 0.0201. The van der Waals surface area contributed by atoms with Crippen LogP contribution in [0.15, 0.2) is 112 Å². The Morgan fingerprint density at radius 3 is 2.07 bits per heavy atom. The Labute approximate surface area is 249 Å². The summed E-state index contributed by atoms with van der Waals surface area (Å²) in [4.78, 5) is 25.1. The summed E-state index contributed by atoms with van der Waals surface area (Å²) in [7, 11) is -4.21. The Kier molecular flexibility index (Phi) is 8.46. The minimum Gasteiger partial charge on any atom is -0.507 e. The number of H-pyrrole nitrogens is 1. The van der Waals surface area contributed by atoms with Crippen molar-refractivity contribution in [1.82, 2.24) is 19.5 Å². The van der Waals surface area contributed by atoms with Crippen LogP contribution < -0.4 is 20.7 Å². The molecule has 1 heterocycles. The average molecular weight is 625 g/mol. The Bertz CT molecular complexity index is 1900. The van der Waals surface area contributed by atoms with E-state index in [1.165, 1.54) is 24.3 Å². The highest BCUT2D eigenvalue weighted by Gasteiger charge is 2.24. The second-order valence-electron chi connectivity index (χ2n) is 9.05. The first-order chi connectivity index (χ1) is 20.1. The minimum atomic E-state index is -4.21. The molecule has 13 heteroatoms. The highest BCUT2D eigenvalue weighted by Crippen LogP contribution is 2.39. The lowest BCUT2D eigenvalue weighted by Crippen LogP contribution is -2.30. The molecule has 0 unspecified atom stereocenters. The zero-order valence-corrected chi connectivity index (χ0v) is 23.9. The first-order valence-electron chi connectivity index (χ1n) is 12.4. The molecule has 3 N–H and O–H groups in total. The molecule has 0 aliphatic carbocycles. The predicted octanol–water partition coefficient (Wildman–Crippen LogP) is 4.84. The second kappa shape index (κ2) is 12.2. The number of nitrogens with zero attached hydrogens (tertiary/aromatic N) is 2. The van der Waals surface area contributed by atoms with Gasteiger partial charge < -0.3 is 9.84 Å². The third-order valence-electron chi connectivity index (χ3n) is 6.26. The lowest BCUT2D eigenvalue weighted by atomic mass is 9.92. The quantitative estimate of drug-likeness (QED) is 0.213. The van der Waals surface area contributed by atoms with E-state index in [9.17, 15) is 23.1 Å². The molecule has 4 aromatic carbocycles. The standard InChI is InChI=1S/C29H22Cl2N4O6S/c30-23-13-20(35-29(38)34-27(37)17-32-35)14-24(31)28(23)41-21-11-12-25(36)26(15-21)42(39,40)33-16-22(18-7-3-1-4-8-18)19-9-5-2-6-10-19/h1-15,17,22,33,36H,16H2,(H,34,37,38). The van der Waals surface area contributed by atoms with Gasteiger partial charge in [-0.05, 0) is 35.4 Å². The number of sulfonamides is 1. The maximum atomic E-state index is 13.4. The van der Waals surface area contributed by atoms with E-state index in [-0.39, 0.29) is 39.7 Å². The van der Waals surface area contributed by atoms with Crippen molar-refractivity contribution in [3.63, 3.8) is 0 Å². The van der Waals surface area contributed by atoms with Gasteiger partial charge in [0, 0.05) is 18.5 Å². The zero-order chi connectivity index (χ0) is 29.9. The van der Waals surface area contributed by atoms with Crippen molar-refractivity contribution in [3.05, 3.63) is 139 Å². The fourth-order valence-corrected chi connectivity index (χ4v) is 5.97. The third-order valence-corrected chi connectivity index (χ3v) is 8.28. The number of aromatic nitrogens is 3. The molecule has 0 radical (unpaired) electrons. The van der Waals surface area contributed by atoms with Gasteiger partial charge in [-0.3, -0.25) is 9.78 Å². The predicted molar refractivity (Wildman–Crippen MR) is 159 cm³/mol. The summed E-state index contributed by atoms with van der Waals surface area (Å²) in [6, 6.07) is 25.3. The number of hydrogen-bond donors (Lipinski definition) is 3. The highest BCUT2D eigenvalue weighted by molar-refractivity contribution is 7.89. The van der Waals surface area contributed by atoms with Crippen LogP contribution in [0.5, 0.6) is 17.2 Å². The molecule has 5 aromatic rings. The normalized spacial score (nSPS) is 11.5. The monoisotopic (exact) mass is 624 g/mol. The van der Waals surface area contributed by atoms with Crippen molar-refractivity contribution < 1.29 is 18.3 Å². The van der Waals surface area contributed by atoms with Crippen LogP contribution in [-0.2, 0) is 10.0 Å². The number of phenolic OH excluding ortho intramolecular Hbond substituents is 1. The van der Waals surface area contributed by atoms with Gasteiger partial charge in [-0.15, -0.1) is 0 Å². The molecule has 0 amide bonds. The maximum Gasteiger partial charge on any atom is 0.349 e. The number of rotatable bonds is 9. The molecule has 1 aromatic heterocycles. The molecule has 5 rings (SSSR count). The van der Waals surface area contributed by atoms with E-state index in [1.807, 2.05) is 60.7 Å². The van der Waals surface area contributed by atoms with E-state index in [0.717, 1.165) is 28.1 Å². The van der Waals surface area contributed by atoms with Crippen LogP contribution in [0.25, 0.3) is 5.69 Å². The van der Waals surface area contributed by atoms with Crippen LogP contribution in [-0.4, -0.2) is 34.8 Å². The van der Waals surface area contributed by atoms with Crippen molar-refractivity contribution in [3.8, 4) is 22.9 Å². The fourth-order valence-electron chi connectivity index (χ4n) is 4.26. The zero-order valence-electron chi connectivity index (χ0n) is 21.6. The molecule has 10 nitrogen and oxygen atoms in total. The third kappa shape index (κ3) is 6.39. The number of aromatic amines is 1. The molecule has 42 heavy (non-hydrogen) atoms. The SMILES string of the molecule is O=c1cnn(-c2cc(Cl)c(Oc3ccc(O)c(S(=O)(=O)NCC(c4ccccc4)c4ccccc4)c3)c(Cl)c2)c(=O)[nH]1. The summed E-state index contributed by atoms with van der Waals surface area (Å²) in [5.41, 5.74) is 0.519. The van der Waals surface area contributed by atoms with Gasteiger partial charge in [-0.25, -0.2) is 17.9 Å². The Hall–Kier alpha value is -4.42. The molecule has 0 aliphatic heterocycles. The van der Waals surface area contributed by atoms with Gasteiger partial charge >= 0.3 is 5.69 Å². The Balaban J connectivity index is 1.41. The van der Waals surface area contributed by atoms with Crippen LogP contribution in [0.2, 0.25) is 10.0 Å². The summed E-state index contributed by atoms with van der Waals surface area (Å²) < 4.78 is 36.0. The Morgan fingerprint density at radius 1 is 0.905 bits per heavy atom. The number of benzene rings is 4. The lowest BCUT2D eigenvalue weighted by molar-refractivity contribution is 0.448. The first-order valence-corrected chi connectivity index (χ1v) is 14.6. The number of ether oxygens (including phenoxy) is 1. The van der Waals surface area contributed by atoms with Gasteiger partial charge in [0.1, 0.15) is 22.6 Å². The fraction of sp³-hybridized carbons (Fsp3) is 0.0690. The largest absolute Gasteiger partial charge is 0.507 e. The van der Waals surface area contributed by atoms with Crippen molar-refractivity contribution in [2.24, 2.45) is 0 Å². The van der Waals surface area contributed by atoms with Gasteiger partial charge in [0.15, 0.2) is 5.75 Å². The number of phenols is 1. The molecular weight excluding hydrogens is 603 g/mol. The van der Waals surface area contributed by atoms with E-state index in [2.05, 4.69) is 14.8 Å². The molecule has 0 saturated heterocycles. The molecule has 0 spiro atoms. The smallest absolute Gasteiger partial charge is 0.349 e. The summed E-state index contributed by atoms with van der Waals surface area (Å²) in [5.74, 6) is -0.785. The van der Waals surface area contributed by atoms with Gasteiger partial charge in [-0.2, -0.15) is 9.78 Å². The summed E-state index contributed by atoms with van der Waals surface area (Å²) >= 11 is 12.8. The first kappa shape index (κ1) is 29.1. The molecule has 214 valence electrons. The van der Waals surface area contributed by atoms with Crippen LogP contribution >= 0.6 is 23.2 Å². The summed E-state index contributed by atoms with van der Waals surface area (Å²) in [5, 5.41) is 14.2. The lowest BCUT2D eigenvalue weighted by Gasteiger charge is -2.19. The van der Waals surface area contributed by atoms with Crippen molar-refractivity contribution >= 4 is 33.2 Å². The van der Waals surface area contributed by atoms with Crippen LogP contribution in [0, 0.1) is 0 Å². The van der Waals surface area contributed by atoms with Crippen LogP contribution in [0.4, 0.5) is 0 Å². The van der Waals surface area contributed by atoms with Gasteiger partial charge in [0.05, 0.1) is 15.7 Å². The molecular formula is C29H22Cl2N4O6S. The summed E-state index contributed by atoms with van der Waals surface area (Å²) in [6.07, 6.45) is 0.919. The summed E-state index contributed by atoms with van der Waals surface area (Å²) in [6.45, 7) is 0.0260. The van der Waals surface area contributed by atoms with Crippen LogP contribution in [0.3, 0.4) is 0 Å². The van der Waals surface area contributed by atoms with E-state index in [1.54, 1.807) is 0 Å². The molecule has 0 fully saturated rings. The maximum absolute atomic E-state index is 13.4. The van der Waals surface area contributed by atoms with Gasteiger partial charge in [0.25, 0.3) is 5.56 Å². The van der Waals surface area contributed by atoms with Gasteiger partial charge in [0.2, 0.25) is 10.0 Å². The van der Waals surface area contributed by atoms with Crippen molar-refractivity contribution in [1.29, 1.82) is 0 Å². The van der Waals surface area contributed by atoms with E-state index in [4.69, 9.17) is 27.9 Å². The Morgan fingerprint density at radius 2 is 1.50 bits per heavy atom. The van der Waals surface area contributed by atoms with Crippen molar-refractivity contribution in [2.75, 3.05) is 6.54 Å². The number of aromatic hydroxyl groups is 1. The van der Waals surface area contributed by atoms with E-state index in [0.29, 0.717) is 0 Å². The average Bonchev–Trinajstić information content (AvgIpc) is 2.97. The van der Waals surface area contributed by atoms with Gasteiger partial charge in [-0.1, -0.05) is 83.9 Å². The highest BCUT2D eigenvalue weighted by atomic mass is 35.5. The topological polar surface area (TPSA) is 143 Å². The van der Waals surface area contributed by atoms with Crippen LogP contribution in [0.1, 0.15) is 17.0 Å². The second-order valence-corrected chi connectivity index (χ2v) is 11.6. The number of hydrogen-bond acceptors (Lipinski definition) is 7. The molecule has 0 saturated carbocycles. The van der Waals surface area contributed by atoms with Crippen molar-refractivity contribution in [2.45, 2.75) is 10.8 Å². The van der Waals surface area contributed by atoms with E-state index >= 15 is 0 Å². The molecule has 0 aliphatic rings. The molecule has 0 atom stereocenters. The number of halogens is 2.